The van der Waals surface area contributed by atoms with Crippen LogP contribution < -0.4 is 11.2 Å². The lowest BCUT2D eigenvalue weighted by Crippen LogP contribution is -2.41. The van der Waals surface area contributed by atoms with E-state index in [1.807, 2.05) is 41.8 Å². The third-order valence-electron chi connectivity index (χ3n) is 7.51. The number of aliphatic hydroxyl groups excluding tert-OH is 1. The molecule has 2 aromatic heterocycles. The highest BCUT2D eigenvalue weighted by molar-refractivity contribution is 5.71. The van der Waals surface area contributed by atoms with Gasteiger partial charge >= 0.3 is 5.69 Å². The molecule has 0 radical (unpaired) electrons. The quantitative estimate of drug-likeness (QED) is 0.220. The maximum atomic E-state index is 14.5. The number of fused-ring (bicyclic) bond motifs is 1. The van der Waals surface area contributed by atoms with Gasteiger partial charge in [0.1, 0.15) is 17.5 Å². The van der Waals surface area contributed by atoms with Crippen LogP contribution in [0.3, 0.4) is 0 Å². The minimum Gasteiger partial charge on any atom is -0.395 e. The normalized spacial score (nSPS) is 11.7. The maximum absolute atomic E-state index is 14.5. The number of hydrogen-bond acceptors (Lipinski definition) is 5. The molecule has 0 saturated heterocycles. The fourth-order valence-electron chi connectivity index (χ4n) is 5.18. The first kappa shape index (κ1) is 30.3. The van der Waals surface area contributed by atoms with Crippen LogP contribution in [0, 0.1) is 11.6 Å². The zero-order valence-corrected chi connectivity index (χ0v) is 23.9. The lowest BCUT2D eigenvalue weighted by atomic mass is 10.1. The molecule has 2 heterocycles. The van der Waals surface area contributed by atoms with Crippen molar-refractivity contribution in [1.82, 2.24) is 23.6 Å². The monoisotopic (exact) mass is 567 g/mol. The summed E-state index contributed by atoms with van der Waals surface area (Å²) >= 11 is 0. The number of nitrogens with zero attached hydrogens (tertiary/aromatic N) is 5. The molecular formula is C31H39F2N5O3. The number of benzene rings is 2. The van der Waals surface area contributed by atoms with Crippen molar-refractivity contribution < 1.29 is 13.9 Å². The second-order valence-corrected chi connectivity index (χ2v) is 10.3. The van der Waals surface area contributed by atoms with Gasteiger partial charge in [-0.2, -0.15) is 0 Å². The van der Waals surface area contributed by atoms with Crippen molar-refractivity contribution in [3.63, 3.8) is 0 Å². The number of aryl methyl sites for hydroxylation is 2. The lowest BCUT2D eigenvalue weighted by Gasteiger charge is -2.20. The SMILES string of the molecule is CCCCCn1c(=O)c2c(nc(Cc3ccccc3)n2CCN(CC)CCO)n(CCc2ccc(F)cc2F)c1=O. The summed E-state index contributed by atoms with van der Waals surface area (Å²) in [6, 6.07) is 13.2. The van der Waals surface area contributed by atoms with E-state index in [0.717, 1.165) is 31.0 Å². The number of imidazole rings is 1. The standard InChI is InChI=1S/C31H39F2N5O3/c1-3-5-9-15-38-30(40)28-29(37(31(38)41)16-14-24-12-13-25(32)22-26(24)33)34-27(21-23-10-7-6-8-11-23)36(28)18-17-35(4-2)19-20-39/h6-8,10-13,22,39H,3-5,9,14-21H2,1-2H3. The number of likely N-dealkylation sites (N-methyl/N-ethyl adjacent to an activating group) is 1. The Labute approximate surface area is 238 Å². The molecule has 1 N–H and O–H groups in total. The van der Waals surface area contributed by atoms with Crippen molar-refractivity contribution in [3.8, 4) is 0 Å². The van der Waals surface area contributed by atoms with E-state index in [1.165, 1.54) is 21.3 Å². The Morgan fingerprint density at radius 1 is 0.902 bits per heavy atom. The van der Waals surface area contributed by atoms with Crippen LogP contribution in [-0.2, 0) is 32.5 Å². The summed E-state index contributed by atoms with van der Waals surface area (Å²) in [4.78, 5) is 34.6. The van der Waals surface area contributed by atoms with Crippen LogP contribution in [-0.4, -0.2) is 54.9 Å². The Morgan fingerprint density at radius 3 is 2.37 bits per heavy atom. The molecule has 0 saturated carbocycles. The zero-order chi connectivity index (χ0) is 29.4. The van der Waals surface area contributed by atoms with Crippen molar-refractivity contribution in [2.45, 2.75) is 65.6 Å². The van der Waals surface area contributed by atoms with E-state index < -0.39 is 17.3 Å². The molecule has 0 aliphatic heterocycles. The van der Waals surface area contributed by atoms with Crippen molar-refractivity contribution in [3.05, 3.63) is 98.0 Å². The Balaban J connectivity index is 1.86. The number of unbranched alkanes of at least 4 members (excludes halogenated alkanes) is 2. The van der Waals surface area contributed by atoms with Gasteiger partial charge in [0.05, 0.1) is 6.61 Å². The fourth-order valence-corrected chi connectivity index (χ4v) is 5.18. The van der Waals surface area contributed by atoms with Crippen LogP contribution in [0.25, 0.3) is 11.2 Å². The number of halogens is 2. The number of aromatic nitrogens is 4. The largest absolute Gasteiger partial charge is 0.395 e. The van der Waals surface area contributed by atoms with E-state index >= 15 is 0 Å². The second kappa shape index (κ2) is 14.3. The summed E-state index contributed by atoms with van der Waals surface area (Å²) < 4.78 is 32.6. The third-order valence-corrected chi connectivity index (χ3v) is 7.51. The second-order valence-electron chi connectivity index (χ2n) is 10.3. The molecule has 0 fully saturated rings. The molecule has 4 aromatic rings. The molecule has 4 rings (SSSR count). The molecule has 0 bridgehead atoms. The fraction of sp³-hybridized carbons (Fsp3) is 0.452. The number of rotatable bonds is 15. The molecule has 0 aliphatic carbocycles. The van der Waals surface area contributed by atoms with Crippen LogP contribution in [0.1, 0.15) is 50.1 Å². The van der Waals surface area contributed by atoms with Gasteiger partial charge in [-0.25, -0.2) is 18.6 Å². The van der Waals surface area contributed by atoms with Crippen molar-refractivity contribution in [1.29, 1.82) is 0 Å². The molecule has 0 atom stereocenters. The van der Waals surface area contributed by atoms with Gasteiger partial charge in [-0.3, -0.25) is 18.8 Å². The molecule has 0 amide bonds. The molecule has 8 nitrogen and oxygen atoms in total. The number of aliphatic hydroxyl groups is 1. The van der Waals surface area contributed by atoms with Crippen molar-refractivity contribution in [2.75, 3.05) is 26.2 Å². The van der Waals surface area contributed by atoms with Crippen LogP contribution in [0.4, 0.5) is 8.78 Å². The molecule has 0 spiro atoms. The predicted molar refractivity (Wildman–Crippen MR) is 156 cm³/mol. The van der Waals surface area contributed by atoms with Gasteiger partial charge in [0.25, 0.3) is 5.56 Å². The maximum Gasteiger partial charge on any atom is 0.332 e. The first-order chi connectivity index (χ1) is 19.9. The Morgan fingerprint density at radius 2 is 1.68 bits per heavy atom. The zero-order valence-electron chi connectivity index (χ0n) is 23.9. The van der Waals surface area contributed by atoms with E-state index in [9.17, 15) is 23.5 Å². The van der Waals surface area contributed by atoms with Gasteiger partial charge in [0.2, 0.25) is 0 Å². The topological polar surface area (TPSA) is 85.3 Å². The van der Waals surface area contributed by atoms with Gasteiger partial charge in [-0.15, -0.1) is 0 Å². The van der Waals surface area contributed by atoms with Gasteiger partial charge < -0.3 is 9.67 Å². The third kappa shape index (κ3) is 7.18. The van der Waals surface area contributed by atoms with E-state index in [1.54, 1.807) is 0 Å². The molecular weight excluding hydrogens is 528 g/mol. The average molecular weight is 568 g/mol. The van der Waals surface area contributed by atoms with Gasteiger partial charge in [-0.05, 0) is 36.6 Å². The highest BCUT2D eigenvalue weighted by Crippen LogP contribution is 2.18. The van der Waals surface area contributed by atoms with E-state index in [2.05, 4.69) is 11.8 Å². The smallest absolute Gasteiger partial charge is 0.332 e. The van der Waals surface area contributed by atoms with Gasteiger partial charge in [-0.1, -0.05) is 63.1 Å². The van der Waals surface area contributed by atoms with E-state index in [0.29, 0.717) is 43.8 Å². The van der Waals surface area contributed by atoms with Crippen LogP contribution in [0.15, 0.2) is 58.1 Å². The summed E-state index contributed by atoms with van der Waals surface area (Å²) in [7, 11) is 0. The van der Waals surface area contributed by atoms with Gasteiger partial charge in [0, 0.05) is 45.2 Å². The minimum absolute atomic E-state index is 0.0269. The first-order valence-corrected chi connectivity index (χ1v) is 14.4. The first-order valence-electron chi connectivity index (χ1n) is 14.4. The van der Waals surface area contributed by atoms with E-state index in [4.69, 9.17) is 4.98 Å². The van der Waals surface area contributed by atoms with Crippen LogP contribution in [0.5, 0.6) is 0 Å². The molecule has 0 unspecified atom stereocenters. The molecule has 2 aromatic carbocycles. The predicted octanol–water partition coefficient (Wildman–Crippen LogP) is 3.98. The molecule has 10 heteroatoms. The Bertz CT molecular complexity index is 1560. The lowest BCUT2D eigenvalue weighted by molar-refractivity contribution is 0.197. The van der Waals surface area contributed by atoms with Crippen LogP contribution in [0.2, 0.25) is 0 Å². The molecule has 41 heavy (non-hydrogen) atoms. The van der Waals surface area contributed by atoms with Crippen LogP contribution >= 0.6 is 0 Å². The number of hydrogen-bond donors (Lipinski definition) is 1. The minimum atomic E-state index is -0.676. The Hall–Kier alpha value is -3.63. The van der Waals surface area contributed by atoms with Crippen molar-refractivity contribution in [2.24, 2.45) is 0 Å². The highest BCUT2D eigenvalue weighted by atomic mass is 19.1. The van der Waals surface area contributed by atoms with E-state index in [-0.39, 0.29) is 42.9 Å². The average Bonchev–Trinajstić information content (AvgIpc) is 3.32. The summed E-state index contributed by atoms with van der Waals surface area (Å²) in [6.07, 6.45) is 3.07. The summed E-state index contributed by atoms with van der Waals surface area (Å²) in [5.74, 6) is -0.693. The Kier molecular flexibility index (Phi) is 10.6. The summed E-state index contributed by atoms with van der Waals surface area (Å²) in [5.41, 5.74) is 1.03. The molecule has 220 valence electrons. The highest BCUT2D eigenvalue weighted by Gasteiger charge is 2.22. The van der Waals surface area contributed by atoms with Gasteiger partial charge in [0.15, 0.2) is 11.2 Å². The molecule has 0 aliphatic rings. The summed E-state index contributed by atoms with van der Waals surface area (Å²) in [5, 5.41) is 9.48. The summed E-state index contributed by atoms with van der Waals surface area (Å²) in [6.45, 7) is 6.72. The van der Waals surface area contributed by atoms with Crippen molar-refractivity contribution >= 4 is 11.2 Å².